The van der Waals surface area contributed by atoms with Crippen molar-refractivity contribution >= 4 is 17.5 Å². The van der Waals surface area contributed by atoms with Crippen LogP contribution in [0.1, 0.15) is 36.0 Å². The molecule has 2 nitrogen and oxygen atoms in total. The number of benzene rings is 1. The molecule has 1 aromatic carbocycles. The van der Waals surface area contributed by atoms with Gasteiger partial charge in [-0.05, 0) is 42.9 Å². The molecule has 0 amide bonds. The van der Waals surface area contributed by atoms with Gasteiger partial charge in [-0.3, -0.25) is 0 Å². The first kappa shape index (κ1) is 9.58. The number of fused-ring (bicyclic) bond motifs is 2. The van der Waals surface area contributed by atoms with E-state index in [0.717, 1.165) is 13.2 Å². The van der Waals surface area contributed by atoms with Gasteiger partial charge in [-0.15, -0.1) is 0 Å². The Kier molecular flexibility index (Phi) is 1.99. The van der Waals surface area contributed by atoms with E-state index < -0.39 is 0 Å². The molecule has 0 spiro atoms. The van der Waals surface area contributed by atoms with Crippen molar-refractivity contribution in [2.24, 2.45) is 0 Å². The molecule has 2 heterocycles. The third kappa shape index (κ3) is 1.33. The quantitative estimate of drug-likeness (QED) is 0.683. The van der Waals surface area contributed by atoms with Crippen LogP contribution in [0.2, 0.25) is 0 Å². The normalized spacial score (nSPS) is 20.6. The molecule has 0 bridgehead atoms. The van der Waals surface area contributed by atoms with Crippen molar-refractivity contribution in [1.82, 2.24) is 0 Å². The van der Waals surface area contributed by atoms with Gasteiger partial charge in [0.05, 0.1) is 18.0 Å². The Labute approximate surface area is 102 Å². The number of rotatable bonds is 0. The summed E-state index contributed by atoms with van der Waals surface area (Å²) in [6.45, 7) is 2.04. The molecular weight excluding hydrogens is 208 g/mol. The molecule has 4 rings (SSSR count). The van der Waals surface area contributed by atoms with Gasteiger partial charge in [-0.2, -0.15) is 0 Å². The maximum Gasteiger partial charge on any atom is 0.0881 e. The highest BCUT2D eigenvalue weighted by Gasteiger charge is 2.27. The van der Waals surface area contributed by atoms with Crippen molar-refractivity contribution in [3.8, 4) is 0 Å². The van der Waals surface area contributed by atoms with E-state index in [0.29, 0.717) is 0 Å². The number of anilines is 2. The van der Waals surface area contributed by atoms with Crippen molar-refractivity contribution in [2.75, 3.05) is 23.4 Å². The van der Waals surface area contributed by atoms with Gasteiger partial charge in [0.25, 0.3) is 0 Å². The highest BCUT2D eigenvalue weighted by atomic mass is 15.3. The summed E-state index contributed by atoms with van der Waals surface area (Å²) in [7, 11) is 0. The monoisotopic (exact) mass is 226 g/mol. The number of hydrogen-bond donors (Lipinski definition) is 1. The van der Waals surface area contributed by atoms with Crippen LogP contribution in [-0.2, 0) is 12.8 Å². The first-order valence-corrected chi connectivity index (χ1v) is 6.77. The Balaban J connectivity index is 1.97. The fourth-order valence-electron chi connectivity index (χ4n) is 3.47. The Bertz CT molecular complexity index is 502. The number of nitrogens with one attached hydrogen (secondary N) is 1. The van der Waals surface area contributed by atoms with Crippen LogP contribution in [0.4, 0.5) is 11.4 Å². The zero-order valence-corrected chi connectivity index (χ0v) is 10.1. The third-order valence-corrected chi connectivity index (χ3v) is 4.30. The van der Waals surface area contributed by atoms with Crippen LogP contribution in [0.3, 0.4) is 0 Å². The van der Waals surface area contributed by atoms with Gasteiger partial charge in [0.1, 0.15) is 0 Å². The predicted molar refractivity (Wildman–Crippen MR) is 72.6 cm³/mol. The van der Waals surface area contributed by atoms with E-state index in [1.54, 1.807) is 11.1 Å². The summed E-state index contributed by atoms with van der Waals surface area (Å²) in [5, 5.41) is 3.54. The van der Waals surface area contributed by atoms with Crippen molar-refractivity contribution in [2.45, 2.75) is 32.1 Å². The molecule has 17 heavy (non-hydrogen) atoms. The summed E-state index contributed by atoms with van der Waals surface area (Å²) in [6, 6.07) is 2.42. The van der Waals surface area contributed by atoms with E-state index in [-0.39, 0.29) is 0 Å². The van der Waals surface area contributed by atoms with Gasteiger partial charge in [0.2, 0.25) is 0 Å². The third-order valence-electron chi connectivity index (χ3n) is 4.30. The summed E-state index contributed by atoms with van der Waals surface area (Å²) in [5.41, 5.74) is 7.57. The lowest BCUT2D eigenvalue weighted by molar-refractivity contribution is 0.711. The lowest BCUT2D eigenvalue weighted by Gasteiger charge is -2.24. The Morgan fingerprint density at radius 2 is 2.06 bits per heavy atom. The lowest BCUT2D eigenvalue weighted by Crippen LogP contribution is -2.25. The maximum atomic E-state index is 3.54. The predicted octanol–water partition coefficient (Wildman–Crippen LogP) is 3.17. The highest BCUT2D eigenvalue weighted by Crippen LogP contribution is 2.42. The fraction of sp³-hybridized carbons (Fsp3) is 0.467. The summed E-state index contributed by atoms with van der Waals surface area (Å²) in [4.78, 5) is 2.45. The lowest BCUT2D eigenvalue weighted by atomic mass is 9.92. The Hall–Kier alpha value is -1.44. The molecule has 0 fully saturated rings. The SMILES string of the molecule is C1=Cc2c3c(cc4c2N(C1)CN4)CCCCC3. The molecule has 0 saturated heterocycles. The first-order valence-electron chi connectivity index (χ1n) is 6.77. The first-order chi connectivity index (χ1) is 8.43. The summed E-state index contributed by atoms with van der Waals surface area (Å²) < 4.78 is 0. The largest absolute Gasteiger partial charge is 0.366 e. The van der Waals surface area contributed by atoms with Gasteiger partial charge in [0, 0.05) is 12.1 Å². The van der Waals surface area contributed by atoms with Gasteiger partial charge in [-0.25, -0.2) is 0 Å². The van der Waals surface area contributed by atoms with E-state index in [1.165, 1.54) is 49.0 Å². The minimum atomic E-state index is 0.982. The standard InChI is InChI=1S/C15H18N2/c1-2-5-11-9-14-15-13(12(11)6-3-1)7-4-8-17(15)10-16-14/h4,7,9,16H,1-3,5-6,8,10H2. The Morgan fingerprint density at radius 1 is 1.12 bits per heavy atom. The molecular formula is C15H18N2. The van der Waals surface area contributed by atoms with Crippen LogP contribution in [0.5, 0.6) is 0 Å². The molecule has 0 aromatic heterocycles. The zero-order chi connectivity index (χ0) is 11.2. The van der Waals surface area contributed by atoms with Crippen LogP contribution in [0.15, 0.2) is 12.1 Å². The molecule has 1 N–H and O–H groups in total. The minimum absolute atomic E-state index is 0.982. The van der Waals surface area contributed by atoms with E-state index in [9.17, 15) is 0 Å². The van der Waals surface area contributed by atoms with Crippen LogP contribution in [0, 0.1) is 0 Å². The molecule has 0 atom stereocenters. The van der Waals surface area contributed by atoms with E-state index in [1.807, 2.05) is 0 Å². The second-order valence-electron chi connectivity index (χ2n) is 5.34. The van der Waals surface area contributed by atoms with Crippen molar-refractivity contribution in [3.63, 3.8) is 0 Å². The average Bonchev–Trinajstić information content (AvgIpc) is 2.62. The molecule has 2 aliphatic heterocycles. The van der Waals surface area contributed by atoms with Crippen molar-refractivity contribution < 1.29 is 0 Å². The van der Waals surface area contributed by atoms with Gasteiger partial charge >= 0.3 is 0 Å². The van der Waals surface area contributed by atoms with Gasteiger partial charge in [-0.1, -0.05) is 18.6 Å². The highest BCUT2D eigenvalue weighted by molar-refractivity contribution is 5.88. The number of hydrogen-bond acceptors (Lipinski definition) is 2. The molecule has 1 aliphatic carbocycles. The fourth-order valence-corrected chi connectivity index (χ4v) is 3.47. The Morgan fingerprint density at radius 3 is 3.06 bits per heavy atom. The molecule has 1 aromatic rings. The smallest absolute Gasteiger partial charge is 0.0881 e. The van der Waals surface area contributed by atoms with Crippen LogP contribution >= 0.6 is 0 Å². The minimum Gasteiger partial charge on any atom is -0.366 e. The molecule has 3 aliphatic rings. The van der Waals surface area contributed by atoms with E-state index in [2.05, 4.69) is 28.4 Å². The second kappa shape index (κ2) is 3.52. The molecule has 0 unspecified atom stereocenters. The summed E-state index contributed by atoms with van der Waals surface area (Å²) in [6.07, 6.45) is 11.3. The van der Waals surface area contributed by atoms with Crippen LogP contribution < -0.4 is 10.2 Å². The number of aryl methyl sites for hydroxylation is 1. The summed E-state index contributed by atoms with van der Waals surface area (Å²) >= 11 is 0. The second-order valence-corrected chi connectivity index (χ2v) is 5.34. The molecule has 0 saturated carbocycles. The summed E-state index contributed by atoms with van der Waals surface area (Å²) in [5.74, 6) is 0. The zero-order valence-electron chi connectivity index (χ0n) is 10.1. The van der Waals surface area contributed by atoms with Gasteiger partial charge in [0.15, 0.2) is 0 Å². The number of nitrogens with zero attached hydrogens (tertiary/aromatic N) is 1. The van der Waals surface area contributed by atoms with E-state index in [4.69, 9.17) is 0 Å². The topological polar surface area (TPSA) is 15.3 Å². The maximum absolute atomic E-state index is 3.54. The van der Waals surface area contributed by atoms with Crippen molar-refractivity contribution in [1.29, 1.82) is 0 Å². The van der Waals surface area contributed by atoms with Crippen LogP contribution in [-0.4, -0.2) is 13.2 Å². The average molecular weight is 226 g/mol. The van der Waals surface area contributed by atoms with Gasteiger partial charge < -0.3 is 10.2 Å². The van der Waals surface area contributed by atoms with Crippen LogP contribution in [0.25, 0.3) is 6.08 Å². The molecule has 88 valence electrons. The van der Waals surface area contributed by atoms with E-state index >= 15 is 0 Å². The molecule has 0 radical (unpaired) electrons. The van der Waals surface area contributed by atoms with Crippen molar-refractivity contribution in [3.05, 3.63) is 28.8 Å². The molecule has 2 heteroatoms.